The number of oxazole rings is 1. The second kappa shape index (κ2) is 4.85. The van der Waals surface area contributed by atoms with Crippen LogP contribution in [0.1, 0.15) is 51.7 Å². The van der Waals surface area contributed by atoms with Gasteiger partial charge in [-0.25, -0.2) is 4.98 Å². The summed E-state index contributed by atoms with van der Waals surface area (Å²) in [7, 11) is 0. The van der Waals surface area contributed by atoms with Crippen LogP contribution in [0.15, 0.2) is 40.8 Å². The van der Waals surface area contributed by atoms with Crippen LogP contribution in [-0.4, -0.2) is 10.1 Å². The van der Waals surface area contributed by atoms with Crippen LogP contribution in [0.4, 0.5) is 0 Å². The van der Waals surface area contributed by atoms with Gasteiger partial charge in [-0.15, -0.1) is 0 Å². The minimum Gasteiger partial charge on any atom is -0.508 e. The molecule has 24 heavy (non-hydrogen) atoms. The van der Waals surface area contributed by atoms with Gasteiger partial charge in [0.15, 0.2) is 5.58 Å². The van der Waals surface area contributed by atoms with E-state index in [4.69, 9.17) is 4.42 Å². The molecule has 0 aliphatic heterocycles. The van der Waals surface area contributed by atoms with Crippen LogP contribution < -0.4 is 0 Å². The van der Waals surface area contributed by atoms with Gasteiger partial charge < -0.3 is 9.52 Å². The fraction of sp³-hybridized carbons (Fsp3) is 0.381. The summed E-state index contributed by atoms with van der Waals surface area (Å²) in [5, 5.41) is 9.45. The van der Waals surface area contributed by atoms with Gasteiger partial charge in [0.25, 0.3) is 0 Å². The van der Waals surface area contributed by atoms with E-state index < -0.39 is 0 Å². The predicted molar refractivity (Wildman–Crippen MR) is 96.4 cm³/mol. The van der Waals surface area contributed by atoms with Crippen molar-refractivity contribution in [1.82, 2.24) is 4.98 Å². The first-order valence-electron chi connectivity index (χ1n) is 8.51. The number of nitrogens with zero attached hydrogens (tertiary/aromatic N) is 1. The quantitative estimate of drug-likeness (QED) is 0.639. The van der Waals surface area contributed by atoms with Gasteiger partial charge in [-0.1, -0.05) is 27.7 Å². The number of benzene rings is 2. The molecule has 2 aromatic carbocycles. The highest BCUT2D eigenvalue weighted by Gasteiger charge is 2.37. The van der Waals surface area contributed by atoms with E-state index >= 15 is 0 Å². The molecule has 1 aliphatic rings. The van der Waals surface area contributed by atoms with Gasteiger partial charge in [0.05, 0.1) is 0 Å². The molecule has 0 saturated carbocycles. The molecule has 1 heterocycles. The van der Waals surface area contributed by atoms with Crippen LogP contribution >= 0.6 is 0 Å². The Labute approximate surface area is 142 Å². The maximum Gasteiger partial charge on any atom is 0.227 e. The Kier molecular flexibility index (Phi) is 3.08. The molecule has 1 aliphatic carbocycles. The zero-order valence-electron chi connectivity index (χ0n) is 14.7. The third-order valence-corrected chi connectivity index (χ3v) is 5.48. The van der Waals surface area contributed by atoms with Crippen molar-refractivity contribution in [3.05, 3.63) is 47.5 Å². The molecule has 0 fully saturated rings. The summed E-state index contributed by atoms with van der Waals surface area (Å²) in [6.07, 6.45) is 2.36. The number of phenolic OH excluding ortho intramolecular Hbond substituents is 1. The van der Waals surface area contributed by atoms with Crippen molar-refractivity contribution in [3.8, 4) is 17.2 Å². The van der Waals surface area contributed by atoms with Crippen molar-refractivity contribution in [2.24, 2.45) is 0 Å². The molecule has 0 spiro atoms. The lowest BCUT2D eigenvalue weighted by Crippen LogP contribution is -2.33. The van der Waals surface area contributed by atoms with E-state index in [9.17, 15) is 5.11 Å². The number of aromatic hydroxyl groups is 1. The highest BCUT2D eigenvalue weighted by atomic mass is 16.3. The fourth-order valence-electron chi connectivity index (χ4n) is 3.72. The van der Waals surface area contributed by atoms with Gasteiger partial charge in [-0.2, -0.15) is 0 Å². The molecule has 4 rings (SSSR count). The maximum absolute atomic E-state index is 9.45. The summed E-state index contributed by atoms with van der Waals surface area (Å²) >= 11 is 0. The van der Waals surface area contributed by atoms with Crippen molar-refractivity contribution in [2.45, 2.75) is 51.4 Å². The molecule has 124 valence electrons. The highest BCUT2D eigenvalue weighted by Crippen LogP contribution is 2.47. The number of phenols is 1. The first-order valence-corrected chi connectivity index (χ1v) is 8.51. The molecule has 0 radical (unpaired) electrons. The zero-order valence-corrected chi connectivity index (χ0v) is 14.7. The van der Waals surface area contributed by atoms with Gasteiger partial charge in [0.1, 0.15) is 11.3 Å². The Bertz CT molecular complexity index is 864. The van der Waals surface area contributed by atoms with Crippen molar-refractivity contribution < 1.29 is 9.52 Å². The van der Waals surface area contributed by atoms with Crippen LogP contribution in [-0.2, 0) is 10.8 Å². The van der Waals surface area contributed by atoms with Crippen LogP contribution in [0.2, 0.25) is 0 Å². The van der Waals surface area contributed by atoms with E-state index in [1.807, 2.05) is 12.1 Å². The average molecular weight is 321 g/mol. The molecule has 0 bridgehead atoms. The Morgan fingerprint density at radius 2 is 1.50 bits per heavy atom. The SMILES string of the molecule is CC1(C)CCC(C)(C)c2cc3oc(-c4ccc(O)cc4)nc3cc21. The monoisotopic (exact) mass is 321 g/mol. The third kappa shape index (κ3) is 2.31. The number of hydrogen-bond acceptors (Lipinski definition) is 3. The van der Waals surface area contributed by atoms with Gasteiger partial charge >= 0.3 is 0 Å². The number of hydrogen-bond donors (Lipinski definition) is 1. The average Bonchev–Trinajstić information content (AvgIpc) is 2.95. The molecular formula is C21H23NO2. The van der Waals surface area contributed by atoms with E-state index in [0.717, 1.165) is 16.7 Å². The summed E-state index contributed by atoms with van der Waals surface area (Å²) in [5.74, 6) is 0.844. The van der Waals surface area contributed by atoms with Crippen molar-refractivity contribution in [3.63, 3.8) is 0 Å². The number of aromatic nitrogens is 1. The molecule has 0 amide bonds. The summed E-state index contributed by atoms with van der Waals surface area (Å²) in [4.78, 5) is 4.69. The van der Waals surface area contributed by atoms with Crippen LogP contribution in [0, 0.1) is 0 Å². The molecule has 0 saturated heterocycles. The summed E-state index contributed by atoms with van der Waals surface area (Å²) in [6, 6.07) is 11.4. The maximum atomic E-state index is 9.45. The topological polar surface area (TPSA) is 46.3 Å². The van der Waals surface area contributed by atoms with E-state index in [1.165, 1.54) is 24.0 Å². The molecular weight excluding hydrogens is 298 g/mol. The largest absolute Gasteiger partial charge is 0.508 e. The van der Waals surface area contributed by atoms with Crippen molar-refractivity contribution in [2.75, 3.05) is 0 Å². The molecule has 3 heteroatoms. The van der Waals surface area contributed by atoms with Crippen LogP contribution in [0.5, 0.6) is 5.75 Å². The Hall–Kier alpha value is -2.29. The Morgan fingerprint density at radius 3 is 2.12 bits per heavy atom. The number of rotatable bonds is 1. The van der Waals surface area contributed by atoms with E-state index in [2.05, 4.69) is 44.8 Å². The lowest BCUT2D eigenvalue weighted by molar-refractivity contribution is 0.332. The van der Waals surface area contributed by atoms with E-state index in [-0.39, 0.29) is 16.6 Å². The van der Waals surface area contributed by atoms with E-state index in [1.54, 1.807) is 12.1 Å². The summed E-state index contributed by atoms with van der Waals surface area (Å²) in [5.41, 5.74) is 5.70. The summed E-state index contributed by atoms with van der Waals surface area (Å²) < 4.78 is 6.03. The lowest BCUT2D eigenvalue weighted by atomic mass is 9.63. The zero-order chi connectivity index (χ0) is 17.1. The smallest absolute Gasteiger partial charge is 0.227 e. The standard InChI is InChI=1S/C21H23NO2/c1-20(2)9-10-21(3,4)16-12-18-17(11-15(16)20)22-19(24-18)13-5-7-14(23)8-6-13/h5-8,11-12,23H,9-10H2,1-4H3. The van der Waals surface area contributed by atoms with Gasteiger partial charge in [-0.05, 0) is 71.2 Å². The number of fused-ring (bicyclic) bond motifs is 2. The predicted octanol–water partition coefficient (Wildman–Crippen LogP) is 5.55. The second-order valence-electron chi connectivity index (χ2n) is 8.20. The summed E-state index contributed by atoms with van der Waals surface area (Å²) in [6.45, 7) is 9.25. The molecule has 0 atom stereocenters. The fourth-order valence-corrected chi connectivity index (χ4v) is 3.72. The van der Waals surface area contributed by atoms with Crippen molar-refractivity contribution in [1.29, 1.82) is 0 Å². The molecule has 0 unspecified atom stereocenters. The van der Waals surface area contributed by atoms with E-state index in [0.29, 0.717) is 5.89 Å². The third-order valence-electron chi connectivity index (χ3n) is 5.48. The normalized spacial score (nSPS) is 18.5. The Morgan fingerprint density at radius 1 is 0.917 bits per heavy atom. The van der Waals surface area contributed by atoms with Gasteiger partial charge in [0.2, 0.25) is 5.89 Å². The molecule has 3 nitrogen and oxygen atoms in total. The minimum atomic E-state index is 0.157. The van der Waals surface area contributed by atoms with Crippen molar-refractivity contribution >= 4 is 11.1 Å². The lowest BCUT2D eigenvalue weighted by Gasteiger charge is -2.41. The second-order valence-corrected chi connectivity index (χ2v) is 8.20. The van der Waals surface area contributed by atoms with Gasteiger partial charge in [-0.3, -0.25) is 0 Å². The first-order chi connectivity index (χ1) is 11.3. The minimum absolute atomic E-state index is 0.157. The molecule has 1 N–H and O–H groups in total. The molecule has 1 aromatic heterocycles. The van der Waals surface area contributed by atoms with Crippen LogP contribution in [0.3, 0.4) is 0 Å². The van der Waals surface area contributed by atoms with Crippen LogP contribution in [0.25, 0.3) is 22.6 Å². The Balaban J connectivity index is 1.91. The van der Waals surface area contributed by atoms with Gasteiger partial charge in [0, 0.05) is 5.56 Å². The first kappa shape index (κ1) is 15.3. The molecule has 3 aromatic rings. The highest BCUT2D eigenvalue weighted by molar-refractivity contribution is 5.79.